The minimum atomic E-state index is -4.03. The largest absolute Gasteiger partial charge is 0.383 e. The number of fused-ring (bicyclic) bond motifs is 1. The lowest BCUT2D eigenvalue weighted by Gasteiger charge is -2.09. The SMILES string of the molecule is COCCNC(=O)Nc1nc2ccc(OS(=O)(=O)c3ccc(NCCOC)cc3)cc2[nH]1. The van der Waals surface area contributed by atoms with E-state index in [1.807, 2.05) is 0 Å². The van der Waals surface area contributed by atoms with Crippen LogP contribution in [0.1, 0.15) is 0 Å². The van der Waals surface area contributed by atoms with Crippen LogP contribution in [-0.2, 0) is 19.6 Å². The molecule has 0 aliphatic heterocycles. The molecule has 0 radical (unpaired) electrons. The molecule has 0 unspecified atom stereocenters. The monoisotopic (exact) mass is 463 g/mol. The number of aromatic amines is 1. The van der Waals surface area contributed by atoms with Gasteiger partial charge in [0.05, 0.1) is 24.2 Å². The first kappa shape index (κ1) is 23.3. The number of benzene rings is 2. The van der Waals surface area contributed by atoms with Gasteiger partial charge in [0.15, 0.2) is 0 Å². The lowest BCUT2D eigenvalue weighted by molar-refractivity contribution is 0.198. The molecule has 11 nitrogen and oxygen atoms in total. The molecule has 0 aliphatic carbocycles. The normalized spacial score (nSPS) is 11.3. The van der Waals surface area contributed by atoms with Gasteiger partial charge in [0.2, 0.25) is 5.95 Å². The first-order valence-electron chi connectivity index (χ1n) is 9.72. The Morgan fingerprint density at radius 1 is 1.03 bits per heavy atom. The summed E-state index contributed by atoms with van der Waals surface area (Å²) >= 11 is 0. The topological polar surface area (TPSA) is 144 Å². The van der Waals surface area contributed by atoms with Gasteiger partial charge in [-0.1, -0.05) is 0 Å². The quantitative estimate of drug-likeness (QED) is 0.250. The molecule has 12 heteroatoms. The van der Waals surface area contributed by atoms with E-state index in [9.17, 15) is 13.2 Å². The highest BCUT2D eigenvalue weighted by Crippen LogP contribution is 2.24. The molecule has 1 aromatic heterocycles. The number of aromatic nitrogens is 2. The summed E-state index contributed by atoms with van der Waals surface area (Å²) < 4.78 is 40.3. The molecule has 0 aliphatic rings. The van der Waals surface area contributed by atoms with Gasteiger partial charge in [-0.15, -0.1) is 0 Å². The average Bonchev–Trinajstić information content (AvgIpc) is 3.15. The second-order valence-corrected chi connectivity index (χ2v) is 8.17. The Morgan fingerprint density at radius 3 is 2.47 bits per heavy atom. The second-order valence-electron chi connectivity index (χ2n) is 6.62. The third-order valence-corrected chi connectivity index (χ3v) is 5.52. The van der Waals surface area contributed by atoms with Gasteiger partial charge in [0.25, 0.3) is 0 Å². The molecule has 4 N–H and O–H groups in total. The summed E-state index contributed by atoms with van der Waals surface area (Å²) in [7, 11) is -0.885. The summed E-state index contributed by atoms with van der Waals surface area (Å²) in [4.78, 5) is 19.0. The molecule has 172 valence electrons. The molecule has 2 aromatic carbocycles. The number of nitrogens with one attached hydrogen (secondary N) is 4. The Morgan fingerprint density at radius 2 is 1.75 bits per heavy atom. The van der Waals surface area contributed by atoms with Crippen molar-refractivity contribution in [1.82, 2.24) is 15.3 Å². The molecule has 0 atom stereocenters. The van der Waals surface area contributed by atoms with Gasteiger partial charge >= 0.3 is 16.1 Å². The van der Waals surface area contributed by atoms with Crippen molar-refractivity contribution in [1.29, 1.82) is 0 Å². The molecular weight excluding hydrogens is 438 g/mol. The van der Waals surface area contributed by atoms with Gasteiger partial charge in [-0.2, -0.15) is 8.42 Å². The highest BCUT2D eigenvalue weighted by Gasteiger charge is 2.17. The average molecular weight is 464 g/mol. The van der Waals surface area contributed by atoms with E-state index in [4.69, 9.17) is 13.7 Å². The zero-order chi connectivity index (χ0) is 23.0. The number of anilines is 2. The van der Waals surface area contributed by atoms with Crippen LogP contribution >= 0.6 is 0 Å². The van der Waals surface area contributed by atoms with Crippen LogP contribution in [0.2, 0.25) is 0 Å². The van der Waals surface area contributed by atoms with E-state index in [-0.39, 0.29) is 16.6 Å². The number of carbonyl (C=O) groups is 1. The predicted octanol–water partition coefficient (Wildman–Crippen LogP) is 2.16. The summed E-state index contributed by atoms with van der Waals surface area (Å²) in [5.74, 6) is 0.325. The standard InChI is InChI=1S/C20H25N5O6S/c1-29-11-9-21-14-3-6-16(7-4-14)32(27,28)31-15-5-8-17-18(13-15)24-19(23-17)25-20(26)22-10-12-30-2/h3-8,13,21H,9-12H2,1-2H3,(H3,22,23,24,25,26). The lowest BCUT2D eigenvalue weighted by Crippen LogP contribution is -2.31. The summed E-state index contributed by atoms with van der Waals surface area (Å²) in [5, 5.41) is 8.28. The molecule has 0 bridgehead atoms. The van der Waals surface area contributed by atoms with Crippen LogP contribution in [0, 0.1) is 0 Å². The van der Waals surface area contributed by atoms with Gasteiger partial charge in [-0.25, -0.2) is 9.78 Å². The van der Waals surface area contributed by atoms with Crippen LogP contribution < -0.4 is 20.1 Å². The zero-order valence-corrected chi connectivity index (χ0v) is 18.5. The first-order valence-corrected chi connectivity index (χ1v) is 11.1. The highest BCUT2D eigenvalue weighted by atomic mass is 32.2. The molecule has 2 amide bonds. The maximum atomic E-state index is 12.6. The molecule has 1 heterocycles. The number of ether oxygens (including phenoxy) is 2. The predicted molar refractivity (Wildman–Crippen MR) is 120 cm³/mol. The molecular formula is C20H25N5O6S. The molecule has 0 saturated heterocycles. The number of hydrogen-bond donors (Lipinski definition) is 4. The Bertz CT molecular complexity index is 1150. The van der Waals surface area contributed by atoms with Crippen LogP contribution in [-0.4, -0.2) is 64.9 Å². The van der Waals surface area contributed by atoms with Crippen LogP contribution in [0.3, 0.4) is 0 Å². The van der Waals surface area contributed by atoms with Crippen molar-refractivity contribution in [3.63, 3.8) is 0 Å². The lowest BCUT2D eigenvalue weighted by atomic mass is 10.3. The van der Waals surface area contributed by atoms with E-state index < -0.39 is 16.1 Å². The van der Waals surface area contributed by atoms with Crippen molar-refractivity contribution < 1.29 is 26.9 Å². The van der Waals surface area contributed by atoms with Crippen molar-refractivity contribution in [2.24, 2.45) is 0 Å². The van der Waals surface area contributed by atoms with Crippen molar-refractivity contribution in [3.05, 3.63) is 42.5 Å². The Labute approximate surface area is 185 Å². The van der Waals surface area contributed by atoms with Gasteiger partial charge in [0.1, 0.15) is 10.6 Å². The zero-order valence-electron chi connectivity index (χ0n) is 17.7. The molecule has 0 spiro atoms. The van der Waals surface area contributed by atoms with Crippen LogP contribution in [0.15, 0.2) is 47.4 Å². The summed E-state index contributed by atoms with van der Waals surface area (Å²) in [5.41, 5.74) is 1.81. The number of methoxy groups -OCH3 is 2. The third kappa shape index (κ3) is 6.33. The van der Waals surface area contributed by atoms with Crippen molar-refractivity contribution in [2.45, 2.75) is 4.90 Å². The fourth-order valence-corrected chi connectivity index (χ4v) is 3.65. The Hall–Kier alpha value is -3.35. The third-order valence-electron chi connectivity index (χ3n) is 4.26. The number of H-pyrrole nitrogens is 1. The van der Waals surface area contributed by atoms with Gasteiger partial charge < -0.3 is 29.3 Å². The van der Waals surface area contributed by atoms with Crippen LogP contribution in [0.4, 0.5) is 16.4 Å². The minimum Gasteiger partial charge on any atom is -0.383 e. The second kappa shape index (κ2) is 10.8. The molecule has 3 rings (SSSR count). The van der Waals surface area contributed by atoms with E-state index in [0.29, 0.717) is 37.3 Å². The van der Waals surface area contributed by atoms with E-state index in [2.05, 4.69) is 25.9 Å². The van der Waals surface area contributed by atoms with Gasteiger partial charge in [-0.3, -0.25) is 5.32 Å². The summed E-state index contributed by atoms with van der Waals surface area (Å²) in [6.45, 7) is 1.88. The number of nitrogens with zero attached hydrogens (tertiary/aromatic N) is 1. The Kier molecular flexibility index (Phi) is 7.87. The van der Waals surface area contributed by atoms with E-state index in [1.165, 1.54) is 31.4 Å². The van der Waals surface area contributed by atoms with Gasteiger partial charge in [-0.05, 0) is 36.4 Å². The number of imidazole rings is 1. The van der Waals surface area contributed by atoms with Gasteiger partial charge in [0, 0.05) is 39.1 Å². The number of hydrogen-bond acceptors (Lipinski definition) is 8. The van der Waals surface area contributed by atoms with Crippen molar-refractivity contribution >= 4 is 38.8 Å². The number of rotatable bonds is 11. The highest BCUT2D eigenvalue weighted by molar-refractivity contribution is 7.87. The fraction of sp³-hybridized carbons (Fsp3) is 0.300. The molecule has 32 heavy (non-hydrogen) atoms. The number of urea groups is 1. The van der Waals surface area contributed by atoms with Crippen LogP contribution in [0.25, 0.3) is 11.0 Å². The van der Waals surface area contributed by atoms with Crippen molar-refractivity contribution in [2.75, 3.05) is 51.2 Å². The van der Waals surface area contributed by atoms with E-state index in [0.717, 1.165) is 5.69 Å². The van der Waals surface area contributed by atoms with E-state index in [1.54, 1.807) is 25.3 Å². The van der Waals surface area contributed by atoms with Crippen molar-refractivity contribution in [3.8, 4) is 5.75 Å². The summed E-state index contributed by atoms with van der Waals surface area (Å²) in [6.07, 6.45) is 0. The first-order chi connectivity index (χ1) is 15.4. The molecule has 0 saturated carbocycles. The summed E-state index contributed by atoms with van der Waals surface area (Å²) in [6, 6.07) is 10.4. The fourth-order valence-electron chi connectivity index (χ4n) is 2.73. The minimum absolute atomic E-state index is 0.0228. The molecule has 0 fully saturated rings. The molecule has 3 aromatic rings. The van der Waals surface area contributed by atoms with E-state index >= 15 is 0 Å². The number of carbonyl (C=O) groups excluding carboxylic acids is 1. The Balaban J connectivity index is 1.66. The maximum absolute atomic E-state index is 12.6. The number of amides is 2. The smallest absolute Gasteiger partial charge is 0.339 e. The maximum Gasteiger partial charge on any atom is 0.339 e. The van der Waals surface area contributed by atoms with Crippen LogP contribution in [0.5, 0.6) is 5.75 Å².